The Balaban J connectivity index is 1.39. The van der Waals surface area contributed by atoms with Crippen LogP contribution < -0.4 is 4.74 Å². The van der Waals surface area contributed by atoms with E-state index in [1.807, 2.05) is 24.3 Å². The Morgan fingerprint density at radius 3 is 2.15 bits per heavy atom. The molecule has 2 unspecified atom stereocenters. The zero-order valence-electron chi connectivity index (χ0n) is 23.3. The van der Waals surface area contributed by atoms with Gasteiger partial charge in [0.2, 0.25) is 5.82 Å². The van der Waals surface area contributed by atoms with E-state index in [9.17, 15) is 8.78 Å². The largest absolute Gasteiger partial charge is 0.490 e. The molecule has 2 nitrogen and oxygen atoms in total. The van der Waals surface area contributed by atoms with Crippen LogP contribution in [0.15, 0.2) is 54.6 Å². The molecule has 0 saturated carbocycles. The number of ether oxygens (including phenoxy) is 2. The third-order valence-corrected chi connectivity index (χ3v) is 7.77. The molecule has 1 saturated heterocycles. The summed E-state index contributed by atoms with van der Waals surface area (Å²) in [4.78, 5) is 0. The van der Waals surface area contributed by atoms with Gasteiger partial charge in [0.1, 0.15) is 5.82 Å². The molecular formula is C34H41F3O2. The first kappa shape index (κ1) is 29.2. The van der Waals surface area contributed by atoms with Gasteiger partial charge in [0.25, 0.3) is 0 Å². The molecule has 1 aliphatic heterocycles. The van der Waals surface area contributed by atoms with Crippen LogP contribution in [0.1, 0.15) is 89.5 Å². The van der Waals surface area contributed by atoms with E-state index < -0.39 is 11.6 Å². The summed E-state index contributed by atoms with van der Waals surface area (Å²) < 4.78 is 56.1. The van der Waals surface area contributed by atoms with Crippen molar-refractivity contribution in [3.63, 3.8) is 0 Å². The van der Waals surface area contributed by atoms with Gasteiger partial charge in [-0.15, -0.1) is 0 Å². The molecule has 1 aliphatic rings. The topological polar surface area (TPSA) is 18.5 Å². The number of halogens is 3. The van der Waals surface area contributed by atoms with Gasteiger partial charge in [0.05, 0.1) is 19.3 Å². The van der Waals surface area contributed by atoms with Gasteiger partial charge >= 0.3 is 0 Å². The zero-order valence-corrected chi connectivity index (χ0v) is 23.3. The second kappa shape index (κ2) is 14.6. The van der Waals surface area contributed by atoms with Crippen LogP contribution in [0.5, 0.6) is 5.75 Å². The van der Waals surface area contributed by atoms with Crippen LogP contribution in [-0.4, -0.2) is 19.3 Å². The van der Waals surface area contributed by atoms with Gasteiger partial charge in [0.15, 0.2) is 11.6 Å². The Hall–Kier alpha value is -2.79. The Kier molecular flexibility index (Phi) is 10.9. The molecule has 1 fully saturated rings. The average Bonchev–Trinajstić information content (AvgIpc) is 2.96. The first-order valence-electron chi connectivity index (χ1n) is 14.6. The fraction of sp³-hybridized carbons (Fsp3) is 0.471. The number of rotatable bonds is 13. The Morgan fingerprint density at radius 1 is 0.744 bits per heavy atom. The normalized spacial score (nSPS) is 17.4. The van der Waals surface area contributed by atoms with Gasteiger partial charge in [-0.2, -0.15) is 4.39 Å². The molecule has 1 heterocycles. The molecule has 0 spiro atoms. The molecule has 0 aromatic heterocycles. The van der Waals surface area contributed by atoms with Gasteiger partial charge in [0, 0.05) is 11.5 Å². The van der Waals surface area contributed by atoms with Crippen molar-refractivity contribution in [2.75, 3.05) is 13.2 Å². The van der Waals surface area contributed by atoms with E-state index in [4.69, 9.17) is 9.47 Å². The maximum Gasteiger partial charge on any atom is 0.201 e. The van der Waals surface area contributed by atoms with E-state index in [1.54, 1.807) is 24.3 Å². The number of benzene rings is 3. The van der Waals surface area contributed by atoms with Gasteiger partial charge in [-0.25, -0.2) is 8.78 Å². The fourth-order valence-corrected chi connectivity index (χ4v) is 5.36. The average molecular weight is 539 g/mol. The molecule has 3 aromatic carbocycles. The SMILES string of the molecule is CCCCCCOc1ccc(-c2ccc(-c3ccc(C4CCC(CCCCC)OC4)c(F)c3)cc2)c(F)c1F. The van der Waals surface area contributed by atoms with Crippen LogP contribution in [0.4, 0.5) is 13.2 Å². The minimum Gasteiger partial charge on any atom is -0.490 e. The smallest absolute Gasteiger partial charge is 0.201 e. The molecule has 2 atom stereocenters. The van der Waals surface area contributed by atoms with Crippen molar-refractivity contribution in [1.82, 2.24) is 0 Å². The van der Waals surface area contributed by atoms with Crippen LogP contribution in [0.3, 0.4) is 0 Å². The molecule has 0 radical (unpaired) electrons. The summed E-state index contributed by atoms with van der Waals surface area (Å²) in [5.41, 5.74) is 2.98. The van der Waals surface area contributed by atoms with Crippen LogP contribution in [-0.2, 0) is 4.74 Å². The Labute approximate surface area is 231 Å². The summed E-state index contributed by atoms with van der Waals surface area (Å²) in [7, 11) is 0. The molecular weight excluding hydrogens is 497 g/mol. The minimum absolute atomic E-state index is 0.0599. The maximum atomic E-state index is 15.1. The second-order valence-corrected chi connectivity index (χ2v) is 10.7. The first-order chi connectivity index (χ1) is 19.0. The lowest BCUT2D eigenvalue weighted by molar-refractivity contribution is -0.00267. The fourth-order valence-electron chi connectivity index (χ4n) is 5.36. The summed E-state index contributed by atoms with van der Waals surface area (Å²) in [6.07, 6.45) is 10.9. The molecule has 5 heteroatoms. The summed E-state index contributed by atoms with van der Waals surface area (Å²) in [5, 5.41) is 0. The number of unbranched alkanes of at least 4 members (excludes halogenated alkanes) is 5. The predicted octanol–water partition coefficient (Wildman–Crippen LogP) is 10.2. The van der Waals surface area contributed by atoms with Crippen LogP contribution >= 0.6 is 0 Å². The summed E-state index contributed by atoms with van der Waals surface area (Å²) >= 11 is 0. The summed E-state index contributed by atoms with van der Waals surface area (Å²) in [6.45, 7) is 5.25. The monoisotopic (exact) mass is 538 g/mol. The molecule has 210 valence electrons. The molecule has 4 rings (SSSR count). The van der Waals surface area contributed by atoms with E-state index >= 15 is 4.39 Å². The second-order valence-electron chi connectivity index (χ2n) is 10.7. The third kappa shape index (κ3) is 7.66. The molecule has 3 aromatic rings. The molecule has 39 heavy (non-hydrogen) atoms. The number of hydrogen-bond acceptors (Lipinski definition) is 2. The Morgan fingerprint density at radius 2 is 1.46 bits per heavy atom. The maximum absolute atomic E-state index is 15.1. The van der Waals surface area contributed by atoms with E-state index in [0.29, 0.717) is 30.4 Å². The highest BCUT2D eigenvalue weighted by Crippen LogP contribution is 2.35. The first-order valence-corrected chi connectivity index (χ1v) is 14.6. The van der Waals surface area contributed by atoms with Crippen molar-refractivity contribution in [3.8, 4) is 28.0 Å². The van der Waals surface area contributed by atoms with Crippen LogP contribution in [0.2, 0.25) is 0 Å². The standard InChI is InChI=1S/C34H41F3O2/c1-3-5-7-9-21-38-32-20-19-30(33(36)34(32)37)25-13-11-24(12-14-25)26-16-18-29(31(35)22-26)27-15-17-28(39-23-27)10-8-6-4-2/h11-14,16,18-20,22,27-28H,3-10,15,17,21,23H2,1-2H3. The molecule has 0 N–H and O–H groups in total. The van der Waals surface area contributed by atoms with E-state index in [0.717, 1.165) is 56.1 Å². The highest BCUT2D eigenvalue weighted by molar-refractivity contribution is 5.71. The van der Waals surface area contributed by atoms with Crippen LogP contribution in [0.25, 0.3) is 22.3 Å². The number of hydrogen-bond donors (Lipinski definition) is 0. The molecule has 0 amide bonds. The molecule has 0 bridgehead atoms. The van der Waals surface area contributed by atoms with Crippen molar-refractivity contribution in [2.45, 2.75) is 90.1 Å². The van der Waals surface area contributed by atoms with Crippen molar-refractivity contribution in [1.29, 1.82) is 0 Å². The Bertz CT molecular complexity index is 1180. The zero-order chi connectivity index (χ0) is 27.6. The lowest BCUT2D eigenvalue weighted by Gasteiger charge is -2.29. The summed E-state index contributed by atoms with van der Waals surface area (Å²) in [5.74, 6) is -2.11. The lowest BCUT2D eigenvalue weighted by atomic mass is 9.88. The van der Waals surface area contributed by atoms with Crippen molar-refractivity contribution in [2.24, 2.45) is 0 Å². The van der Waals surface area contributed by atoms with Gasteiger partial charge in [-0.3, -0.25) is 0 Å². The third-order valence-electron chi connectivity index (χ3n) is 7.77. The predicted molar refractivity (Wildman–Crippen MR) is 153 cm³/mol. The van der Waals surface area contributed by atoms with E-state index in [1.165, 1.54) is 25.3 Å². The quantitative estimate of drug-likeness (QED) is 0.202. The van der Waals surface area contributed by atoms with Crippen molar-refractivity contribution < 1.29 is 22.6 Å². The van der Waals surface area contributed by atoms with Crippen molar-refractivity contribution >= 4 is 0 Å². The van der Waals surface area contributed by atoms with Crippen LogP contribution in [0, 0.1) is 17.5 Å². The molecule has 0 aliphatic carbocycles. The van der Waals surface area contributed by atoms with Gasteiger partial charge in [-0.1, -0.05) is 88.8 Å². The van der Waals surface area contributed by atoms with Crippen molar-refractivity contribution in [3.05, 3.63) is 77.6 Å². The van der Waals surface area contributed by atoms with Gasteiger partial charge in [-0.05, 0) is 66.1 Å². The van der Waals surface area contributed by atoms with E-state index in [2.05, 4.69) is 13.8 Å². The highest BCUT2D eigenvalue weighted by atomic mass is 19.2. The minimum atomic E-state index is -0.969. The highest BCUT2D eigenvalue weighted by Gasteiger charge is 2.25. The summed E-state index contributed by atoms with van der Waals surface area (Å²) in [6, 6.07) is 15.5. The van der Waals surface area contributed by atoms with Gasteiger partial charge < -0.3 is 9.47 Å². The van der Waals surface area contributed by atoms with E-state index in [-0.39, 0.29) is 23.0 Å². The lowest BCUT2D eigenvalue weighted by Crippen LogP contribution is -2.25.